The number of oxime groups is 1. The van der Waals surface area contributed by atoms with Crippen LogP contribution in [0.1, 0.15) is 94.1 Å². The molecule has 0 aromatic heterocycles. The summed E-state index contributed by atoms with van der Waals surface area (Å²) in [4.78, 5) is 23.1. The molecule has 338 valence electrons. The Labute approximate surface area is 375 Å². The molecule has 3 aliphatic carbocycles. The van der Waals surface area contributed by atoms with Crippen molar-refractivity contribution < 1.29 is 43.2 Å². The maximum Gasteiger partial charge on any atom is 0.239 e. The number of nitrogens with zero attached hydrogens (tertiary/aromatic N) is 2. The number of allylic oxidation sites excluding steroid dienone is 1. The number of carbonyl (C=O) groups is 1. The lowest BCUT2D eigenvalue weighted by Gasteiger charge is -2.60. The maximum absolute atomic E-state index is 14.9. The predicted molar refractivity (Wildman–Crippen MR) is 243 cm³/mol. The van der Waals surface area contributed by atoms with Gasteiger partial charge >= 0.3 is 0 Å². The van der Waals surface area contributed by atoms with Crippen molar-refractivity contribution >= 4 is 22.4 Å². The molecule has 0 spiro atoms. The van der Waals surface area contributed by atoms with Crippen molar-refractivity contribution in [2.75, 3.05) is 26.4 Å². The number of hydrogen-bond acceptors (Lipinski definition) is 9. The summed E-state index contributed by atoms with van der Waals surface area (Å²) in [5, 5.41) is 27.2. The Morgan fingerprint density at radius 1 is 0.906 bits per heavy atom. The number of benzene rings is 4. The van der Waals surface area contributed by atoms with E-state index in [0.717, 1.165) is 91.0 Å². The van der Waals surface area contributed by atoms with Crippen LogP contribution in [0.3, 0.4) is 0 Å². The van der Waals surface area contributed by atoms with Gasteiger partial charge in [0.2, 0.25) is 18.0 Å². The molecular formula is C53H61FN2O8. The van der Waals surface area contributed by atoms with Crippen molar-refractivity contribution in [3.8, 4) is 17.2 Å². The lowest BCUT2D eigenvalue weighted by molar-refractivity contribution is -0.258. The van der Waals surface area contributed by atoms with Crippen LogP contribution in [0.4, 0.5) is 4.39 Å². The molecule has 1 saturated heterocycles. The standard InChI is InChI=1S/C53H61FN2O8/c1-2-28-61-53-48(56(52(59)37-18-19-37)34-35-16-21-40(54)22-17-35)33-46(55-64-49-15-7-10-29-60-49)44-31-39(13-5-8-26-57)43(14-6-9-27-58)50(51(44)53)45-32-42(24-25-47(45)63-53)62-41-23-20-36-11-3-4-12-38(36)30-41/h2-4,11-12,16-17,20-25,30-32,37,39,43,48-51,57-58H,1,5-10,13-15,18-19,26-29,33-34H2. The molecule has 5 aliphatic rings. The highest BCUT2D eigenvalue weighted by molar-refractivity contribution is 6.03. The van der Waals surface area contributed by atoms with E-state index < -0.39 is 24.0 Å². The lowest BCUT2D eigenvalue weighted by Crippen LogP contribution is -2.70. The number of hydrogen-bond donors (Lipinski definition) is 2. The summed E-state index contributed by atoms with van der Waals surface area (Å²) in [5.41, 5.74) is 3.44. The normalized spacial score (nSPS) is 26.6. The molecule has 7 atom stereocenters. The van der Waals surface area contributed by atoms with E-state index in [1.54, 1.807) is 18.2 Å². The number of amides is 1. The number of aliphatic hydroxyl groups excluding tert-OH is 2. The second-order valence-corrected chi connectivity index (χ2v) is 18.2. The van der Waals surface area contributed by atoms with Crippen molar-refractivity contribution in [1.82, 2.24) is 4.90 Å². The van der Waals surface area contributed by atoms with Crippen LogP contribution in [0.5, 0.6) is 17.2 Å². The quantitative estimate of drug-likeness (QED) is 0.0543. The molecular weight excluding hydrogens is 812 g/mol. The second-order valence-electron chi connectivity index (χ2n) is 18.2. The van der Waals surface area contributed by atoms with Gasteiger partial charge in [0.1, 0.15) is 29.1 Å². The third-order valence-corrected chi connectivity index (χ3v) is 13.9. The minimum Gasteiger partial charge on any atom is -0.459 e. The number of ether oxygens (including phenoxy) is 4. The van der Waals surface area contributed by atoms with Crippen LogP contribution in [0.15, 0.2) is 114 Å². The van der Waals surface area contributed by atoms with E-state index in [4.69, 9.17) is 28.9 Å². The molecule has 3 fully saturated rings. The summed E-state index contributed by atoms with van der Waals surface area (Å²) in [6.45, 7) is 5.24. The van der Waals surface area contributed by atoms with Gasteiger partial charge in [0.15, 0.2) is 0 Å². The van der Waals surface area contributed by atoms with E-state index in [1.807, 2.05) is 41.3 Å². The number of halogens is 1. The second kappa shape index (κ2) is 20.0. The third kappa shape index (κ3) is 9.36. The monoisotopic (exact) mass is 872 g/mol. The van der Waals surface area contributed by atoms with Gasteiger partial charge in [-0.05, 0) is 128 Å². The molecule has 0 bridgehead atoms. The molecule has 0 radical (unpaired) electrons. The molecule has 9 rings (SSSR count). The van der Waals surface area contributed by atoms with Crippen LogP contribution in [0.2, 0.25) is 0 Å². The van der Waals surface area contributed by atoms with Gasteiger partial charge in [0, 0.05) is 50.0 Å². The summed E-state index contributed by atoms with van der Waals surface area (Å²) in [5.74, 6) is -0.422. The molecule has 4 aromatic carbocycles. The summed E-state index contributed by atoms with van der Waals surface area (Å²) in [6.07, 6.45) is 12.7. The topological polar surface area (TPSA) is 119 Å². The van der Waals surface area contributed by atoms with E-state index in [1.165, 1.54) is 12.1 Å². The molecule has 11 heteroatoms. The number of rotatable bonds is 19. The summed E-state index contributed by atoms with van der Waals surface area (Å²) in [6, 6.07) is 26.0. The fourth-order valence-electron chi connectivity index (χ4n) is 10.7. The van der Waals surface area contributed by atoms with Gasteiger partial charge in [0.05, 0.1) is 24.8 Å². The first-order valence-corrected chi connectivity index (χ1v) is 23.5. The highest BCUT2D eigenvalue weighted by atomic mass is 19.1. The maximum atomic E-state index is 14.9. The minimum absolute atomic E-state index is 0.00137. The van der Waals surface area contributed by atoms with E-state index in [0.29, 0.717) is 36.7 Å². The number of unbranched alkanes of at least 4 members (excludes halogenated alkanes) is 2. The molecule has 1 amide bonds. The Morgan fingerprint density at radius 2 is 1.67 bits per heavy atom. The molecule has 4 aromatic rings. The molecule has 2 saturated carbocycles. The summed E-state index contributed by atoms with van der Waals surface area (Å²) >= 11 is 0. The first-order chi connectivity index (χ1) is 31.4. The molecule has 2 N–H and O–H groups in total. The van der Waals surface area contributed by atoms with E-state index >= 15 is 0 Å². The molecule has 2 aliphatic heterocycles. The Morgan fingerprint density at radius 3 is 2.42 bits per heavy atom. The first-order valence-electron chi connectivity index (χ1n) is 23.5. The van der Waals surface area contributed by atoms with E-state index in [2.05, 4.69) is 36.9 Å². The zero-order valence-corrected chi connectivity index (χ0v) is 36.6. The molecule has 64 heavy (non-hydrogen) atoms. The van der Waals surface area contributed by atoms with Crippen molar-refractivity contribution in [2.24, 2.45) is 28.8 Å². The molecule has 7 unspecified atom stereocenters. The fourth-order valence-corrected chi connectivity index (χ4v) is 10.7. The van der Waals surface area contributed by atoms with Crippen LogP contribution >= 0.6 is 0 Å². The molecule has 10 nitrogen and oxygen atoms in total. The average molecular weight is 873 g/mol. The number of aliphatic hydroxyl groups is 2. The Kier molecular flexibility index (Phi) is 13.8. The van der Waals surface area contributed by atoms with Crippen molar-refractivity contribution in [1.29, 1.82) is 0 Å². The fraction of sp³-hybridized carbons (Fsp3) is 0.472. The van der Waals surface area contributed by atoms with Crippen LogP contribution in [-0.2, 0) is 25.7 Å². The minimum atomic E-state index is -1.41. The predicted octanol–water partition coefficient (Wildman–Crippen LogP) is 10.4. The zero-order valence-electron chi connectivity index (χ0n) is 36.6. The average Bonchev–Trinajstić information content (AvgIpc) is 4.18. The van der Waals surface area contributed by atoms with Gasteiger partial charge in [-0.1, -0.05) is 72.6 Å². The van der Waals surface area contributed by atoms with Crippen molar-refractivity contribution in [2.45, 2.75) is 108 Å². The van der Waals surface area contributed by atoms with Crippen molar-refractivity contribution in [3.63, 3.8) is 0 Å². The number of carbonyl (C=O) groups excluding carboxylic acids is 1. The van der Waals surface area contributed by atoms with Gasteiger partial charge in [0.25, 0.3) is 0 Å². The van der Waals surface area contributed by atoms with Crippen LogP contribution in [-0.4, -0.2) is 71.3 Å². The van der Waals surface area contributed by atoms with Gasteiger partial charge in [-0.3, -0.25) is 4.79 Å². The Hall–Kier alpha value is -5.07. The molecule has 2 heterocycles. The highest BCUT2D eigenvalue weighted by Gasteiger charge is 2.66. The lowest BCUT2D eigenvalue weighted by atomic mass is 9.55. The Bertz CT molecular complexity index is 2320. The first kappa shape index (κ1) is 44.1. The Balaban J connectivity index is 1.23. The van der Waals surface area contributed by atoms with Crippen LogP contribution in [0.25, 0.3) is 10.8 Å². The number of fused-ring (bicyclic) bond motifs is 3. The SMILES string of the molecule is C=CCOC12Oc3ccc(Oc4ccc5ccccc5c4)cc3C3C(CCCCO)C(CCCCO)C=C(C(=NOC4CCCCO4)CC1N(Cc1ccc(F)cc1)C(=O)C1CC1)C32. The van der Waals surface area contributed by atoms with Crippen LogP contribution < -0.4 is 9.47 Å². The summed E-state index contributed by atoms with van der Waals surface area (Å²) < 4.78 is 41.7. The van der Waals surface area contributed by atoms with Crippen LogP contribution in [0, 0.1) is 29.5 Å². The van der Waals surface area contributed by atoms with E-state index in [9.17, 15) is 19.4 Å². The smallest absolute Gasteiger partial charge is 0.239 e. The van der Waals surface area contributed by atoms with Gasteiger partial charge < -0.3 is 38.9 Å². The largest absolute Gasteiger partial charge is 0.459 e. The van der Waals surface area contributed by atoms with Gasteiger partial charge in [-0.15, -0.1) is 6.58 Å². The third-order valence-electron chi connectivity index (χ3n) is 13.9. The summed E-state index contributed by atoms with van der Waals surface area (Å²) in [7, 11) is 0. The van der Waals surface area contributed by atoms with E-state index in [-0.39, 0.29) is 68.2 Å². The van der Waals surface area contributed by atoms with Gasteiger partial charge in [-0.25, -0.2) is 4.39 Å². The van der Waals surface area contributed by atoms with Gasteiger partial charge in [-0.2, -0.15) is 0 Å². The zero-order chi connectivity index (χ0) is 44.0. The highest BCUT2D eigenvalue weighted by Crippen LogP contribution is 2.62. The van der Waals surface area contributed by atoms with Crippen molar-refractivity contribution in [3.05, 3.63) is 126 Å².